The first-order chi connectivity index (χ1) is 9.70. The van der Waals surface area contributed by atoms with Crippen LogP contribution in [0.4, 0.5) is 13.2 Å². The summed E-state index contributed by atoms with van der Waals surface area (Å²) in [5, 5.41) is 3.58. The van der Waals surface area contributed by atoms with Gasteiger partial charge in [-0.25, -0.2) is 0 Å². The number of alkyl halides is 3. The Labute approximate surface area is 123 Å². The molecular weight excluding hydrogens is 309 g/mol. The van der Waals surface area contributed by atoms with Gasteiger partial charge in [-0.1, -0.05) is 12.8 Å². The van der Waals surface area contributed by atoms with Crippen LogP contribution in [0.25, 0.3) is 0 Å². The second-order valence-electron chi connectivity index (χ2n) is 5.43. The highest BCUT2D eigenvalue weighted by Gasteiger charge is 2.44. The van der Waals surface area contributed by atoms with Crippen molar-refractivity contribution in [3.63, 3.8) is 0 Å². The van der Waals surface area contributed by atoms with E-state index in [0.29, 0.717) is 0 Å². The van der Waals surface area contributed by atoms with E-state index in [1.165, 1.54) is 64.7 Å². The quantitative estimate of drug-likeness (QED) is 0.598. The number of hydrogen-bond acceptors (Lipinski definition) is 4. The first kappa shape index (κ1) is 18.7. The fraction of sp³-hybridized carbons (Fsp3) is 1.00. The van der Waals surface area contributed by atoms with Crippen molar-refractivity contribution in [1.82, 2.24) is 10.2 Å². The lowest BCUT2D eigenvalue weighted by Crippen LogP contribution is -2.37. The summed E-state index contributed by atoms with van der Waals surface area (Å²) >= 11 is 0. The molecule has 0 aromatic carbocycles. The molecule has 2 aliphatic rings. The normalized spacial score (nSPS) is 25.0. The van der Waals surface area contributed by atoms with Gasteiger partial charge in [-0.05, 0) is 45.3 Å². The maximum absolute atomic E-state index is 10.7. The summed E-state index contributed by atoms with van der Waals surface area (Å²) < 4.78 is 57.5. The molecule has 0 aromatic rings. The molecule has 0 bridgehead atoms. The highest BCUT2D eigenvalue weighted by molar-refractivity contribution is 7.86. The number of rotatable bonds is 2. The molecule has 2 N–H and O–H groups in total. The molecule has 0 amide bonds. The maximum atomic E-state index is 10.7. The molecule has 5 nitrogen and oxygen atoms in total. The first-order valence-corrected chi connectivity index (χ1v) is 8.63. The topological polar surface area (TPSA) is 69.6 Å². The van der Waals surface area contributed by atoms with Gasteiger partial charge < -0.3 is 10.2 Å². The van der Waals surface area contributed by atoms with E-state index < -0.39 is 15.6 Å². The van der Waals surface area contributed by atoms with Gasteiger partial charge in [0.2, 0.25) is 0 Å². The van der Waals surface area contributed by atoms with E-state index in [4.69, 9.17) is 13.0 Å². The van der Waals surface area contributed by atoms with Crippen molar-refractivity contribution in [3.8, 4) is 0 Å². The first-order valence-electron chi connectivity index (χ1n) is 7.19. The van der Waals surface area contributed by atoms with Crippen LogP contribution in [-0.2, 0) is 10.1 Å². The van der Waals surface area contributed by atoms with Crippen molar-refractivity contribution >= 4 is 10.1 Å². The minimum absolute atomic E-state index is 0.804. The summed E-state index contributed by atoms with van der Waals surface area (Å²) in [6, 6.07) is 0.804. The van der Waals surface area contributed by atoms with Gasteiger partial charge in [-0.2, -0.15) is 21.6 Å². The molecule has 0 radical (unpaired) electrons. The van der Waals surface area contributed by atoms with Crippen LogP contribution in [0.5, 0.6) is 0 Å². The third-order valence-corrected chi connectivity index (χ3v) is 4.22. The lowest BCUT2D eigenvalue weighted by atomic mass is 10.2. The van der Waals surface area contributed by atoms with Crippen molar-refractivity contribution in [1.29, 1.82) is 0 Å². The van der Waals surface area contributed by atoms with Crippen LogP contribution >= 0.6 is 0 Å². The Morgan fingerprint density at radius 3 is 2.00 bits per heavy atom. The average Bonchev–Trinajstić information content (AvgIpc) is 2.71. The molecule has 126 valence electrons. The van der Waals surface area contributed by atoms with Crippen molar-refractivity contribution in [2.45, 2.75) is 50.1 Å². The number of likely N-dealkylation sites (tertiary alicyclic amines) is 1. The van der Waals surface area contributed by atoms with E-state index in [1.54, 1.807) is 0 Å². The fourth-order valence-electron chi connectivity index (χ4n) is 2.54. The van der Waals surface area contributed by atoms with Crippen LogP contribution in [0.15, 0.2) is 0 Å². The molecule has 9 heteroatoms. The van der Waals surface area contributed by atoms with E-state index >= 15 is 0 Å². The maximum Gasteiger partial charge on any atom is 0.522 e. The number of nitrogens with zero attached hydrogens (tertiary/aromatic N) is 1. The van der Waals surface area contributed by atoms with E-state index in [1.807, 2.05) is 0 Å². The molecule has 0 saturated carbocycles. The number of nitrogens with one attached hydrogen (secondary N) is 1. The molecule has 2 heterocycles. The van der Waals surface area contributed by atoms with Crippen molar-refractivity contribution < 1.29 is 26.1 Å². The minimum atomic E-state index is -5.84. The Balaban J connectivity index is 0.000000240. The minimum Gasteiger partial charge on any atom is -0.313 e. The standard InChI is InChI=1S/C11H22N2.CHF3O3S/c1-2-4-9-13(8-3-1)10-11-6-5-7-12-11;2-1(3,4)8(5,6)7/h11-12H,1-10H2;(H,5,6,7)/t11-;/m0./s1. The zero-order chi connectivity index (χ0) is 15.9. The molecule has 2 fully saturated rings. The van der Waals surface area contributed by atoms with Crippen LogP contribution < -0.4 is 5.32 Å². The molecule has 0 aromatic heterocycles. The third kappa shape index (κ3) is 7.44. The summed E-state index contributed by atoms with van der Waals surface area (Å²) in [6.45, 7) is 5.24. The second kappa shape index (κ2) is 8.30. The molecule has 1 atom stereocenters. The van der Waals surface area contributed by atoms with E-state index in [-0.39, 0.29) is 0 Å². The number of hydrogen-bond donors (Lipinski definition) is 2. The Morgan fingerprint density at radius 2 is 1.62 bits per heavy atom. The predicted octanol–water partition coefficient (Wildman–Crippen LogP) is 2.01. The Morgan fingerprint density at radius 1 is 1.10 bits per heavy atom. The van der Waals surface area contributed by atoms with Crippen LogP contribution in [0.2, 0.25) is 0 Å². The van der Waals surface area contributed by atoms with Crippen LogP contribution in [0.3, 0.4) is 0 Å². The summed E-state index contributed by atoms with van der Waals surface area (Å²) in [5.74, 6) is 0. The van der Waals surface area contributed by atoms with Crippen LogP contribution in [0, 0.1) is 0 Å². The van der Waals surface area contributed by atoms with E-state index in [9.17, 15) is 13.2 Å². The number of halogens is 3. The predicted molar refractivity (Wildman–Crippen MR) is 73.5 cm³/mol. The molecule has 0 unspecified atom stereocenters. The van der Waals surface area contributed by atoms with E-state index in [2.05, 4.69) is 10.2 Å². The van der Waals surface area contributed by atoms with Gasteiger partial charge in [0.1, 0.15) is 0 Å². The summed E-state index contributed by atoms with van der Waals surface area (Å²) in [7, 11) is -5.84. The third-order valence-electron chi connectivity index (χ3n) is 3.63. The van der Waals surface area contributed by atoms with Gasteiger partial charge in [0.15, 0.2) is 0 Å². The van der Waals surface area contributed by atoms with Gasteiger partial charge in [0.25, 0.3) is 0 Å². The summed E-state index contributed by atoms with van der Waals surface area (Å²) in [5.41, 5.74) is -5.53. The summed E-state index contributed by atoms with van der Waals surface area (Å²) in [4.78, 5) is 2.66. The Hall–Kier alpha value is -0.380. The van der Waals surface area contributed by atoms with Gasteiger partial charge in [-0.3, -0.25) is 4.55 Å². The lowest BCUT2D eigenvalue weighted by molar-refractivity contribution is -0.0510. The van der Waals surface area contributed by atoms with Crippen LogP contribution in [0.1, 0.15) is 38.5 Å². The molecule has 2 aliphatic heterocycles. The molecule has 21 heavy (non-hydrogen) atoms. The Kier molecular flexibility index (Phi) is 7.38. The van der Waals surface area contributed by atoms with Crippen molar-refractivity contribution in [2.75, 3.05) is 26.2 Å². The SMILES string of the molecule is C1CCCN(C[C@@H]2CCCN2)CC1.O=S(=O)(O)C(F)(F)F. The molecule has 0 aliphatic carbocycles. The lowest BCUT2D eigenvalue weighted by Gasteiger charge is -2.23. The van der Waals surface area contributed by atoms with Crippen LogP contribution in [-0.4, -0.2) is 55.6 Å². The van der Waals surface area contributed by atoms with Gasteiger partial charge in [0, 0.05) is 12.6 Å². The summed E-state index contributed by atoms with van der Waals surface area (Å²) in [6.07, 6.45) is 8.54. The van der Waals surface area contributed by atoms with Crippen molar-refractivity contribution in [3.05, 3.63) is 0 Å². The average molecular weight is 332 g/mol. The highest BCUT2D eigenvalue weighted by atomic mass is 32.2. The largest absolute Gasteiger partial charge is 0.522 e. The smallest absolute Gasteiger partial charge is 0.313 e. The zero-order valence-electron chi connectivity index (χ0n) is 11.9. The Bertz CT molecular complexity index is 387. The molecule has 0 spiro atoms. The second-order valence-corrected chi connectivity index (χ2v) is 6.84. The highest BCUT2D eigenvalue weighted by Crippen LogP contribution is 2.20. The molecule has 2 saturated heterocycles. The van der Waals surface area contributed by atoms with E-state index in [0.717, 1.165) is 6.04 Å². The van der Waals surface area contributed by atoms with Gasteiger partial charge in [-0.15, -0.1) is 0 Å². The zero-order valence-corrected chi connectivity index (χ0v) is 12.7. The van der Waals surface area contributed by atoms with Gasteiger partial charge in [0.05, 0.1) is 0 Å². The molecule has 2 rings (SSSR count). The van der Waals surface area contributed by atoms with Gasteiger partial charge >= 0.3 is 15.6 Å². The fourth-order valence-corrected chi connectivity index (χ4v) is 2.54. The monoisotopic (exact) mass is 332 g/mol. The molecular formula is C12H23F3N2O3S. The van der Waals surface area contributed by atoms with Crippen molar-refractivity contribution in [2.24, 2.45) is 0 Å².